The van der Waals surface area contributed by atoms with Gasteiger partial charge >= 0.3 is 5.97 Å². The Kier molecular flexibility index (Phi) is 5.24. The smallest absolute Gasteiger partial charge is 0.348 e. The number of rotatable bonds is 4. The first-order valence-electron chi connectivity index (χ1n) is 8.75. The normalized spacial score (nSPS) is 16.6. The van der Waals surface area contributed by atoms with Gasteiger partial charge in [0.05, 0.1) is 11.5 Å². The molecule has 7 heteroatoms. The van der Waals surface area contributed by atoms with Crippen molar-refractivity contribution >= 4 is 33.3 Å². The van der Waals surface area contributed by atoms with Crippen LogP contribution in [-0.2, 0) is 4.74 Å². The van der Waals surface area contributed by atoms with Crippen molar-refractivity contribution < 1.29 is 9.53 Å². The summed E-state index contributed by atoms with van der Waals surface area (Å²) in [5.41, 5.74) is 0.918. The van der Waals surface area contributed by atoms with E-state index in [4.69, 9.17) is 4.74 Å². The Morgan fingerprint density at radius 2 is 2.04 bits per heavy atom. The monoisotopic (exact) mass is 362 g/mol. The van der Waals surface area contributed by atoms with Crippen molar-refractivity contribution in [3.8, 4) is 0 Å². The lowest BCUT2D eigenvalue weighted by Crippen LogP contribution is -2.42. The van der Waals surface area contributed by atoms with Crippen molar-refractivity contribution in [1.82, 2.24) is 14.9 Å². The van der Waals surface area contributed by atoms with E-state index in [9.17, 15) is 4.79 Å². The van der Waals surface area contributed by atoms with Gasteiger partial charge in [0.15, 0.2) is 0 Å². The van der Waals surface area contributed by atoms with Gasteiger partial charge in [0.2, 0.25) is 0 Å². The van der Waals surface area contributed by atoms with E-state index in [0.717, 1.165) is 47.5 Å². The predicted molar refractivity (Wildman–Crippen MR) is 102 cm³/mol. The molecule has 1 aliphatic rings. The summed E-state index contributed by atoms with van der Waals surface area (Å²) >= 11 is 1.39. The highest BCUT2D eigenvalue weighted by molar-refractivity contribution is 7.20. The molecule has 0 saturated carbocycles. The summed E-state index contributed by atoms with van der Waals surface area (Å²) in [7, 11) is 4.26. The predicted octanol–water partition coefficient (Wildman–Crippen LogP) is 3.10. The van der Waals surface area contributed by atoms with E-state index >= 15 is 0 Å². The maximum absolute atomic E-state index is 12.4. The number of hydrogen-bond donors (Lipinski definition) is 0. The van der Waals surface area contributed by atoms with Gasteiger partial charge in [-0.2, -0.15) is 0 Å². The first-order valence-corrected chi connectivity index (χ1v) is 9.56. The highest BCUT2D eigenvalue weighted by atomic mass is 32.1. The van der Waals surface area contributed by atoms with Gasteiger partial charge in [-0.3, -0.25) is 0 Å². The van der Waals surface area contributed by atoms with Crippen LogP contribution in [0.5, 0.6) is 0 Å². The summed E-state index contributed by atoms with van der Waals surface area (Å²) in [4.78, 5) is 27.4. The molecule has 25 heavy (non-hydrogen) atoms. The average molecular weight is 362 g/mol. The van der Waals surface area contributed by atoms with Crippen LogP contribution in [0.2, 0.25) is 0 Å². The number of aryl methyl sites for hydroxylation is 1. The molecule has 0 N–H and O–H groups in total. The maximum atomic E-state index is 12.4. The molecule has 0 aliphatic carbocycles. The molecule has 0 aromatic carbocycles. The zero-order valence-electron chi connectivity index (χ0n) is 15.6. The van der Waals surface area contributed by atoms with E-state index < -0.39 is 0 Å². The summed E-state index contributed by atoms with van der Waals surface area (Å²) in [6.45, 7) is 7.88. The fourth-order valence-electron chi connectivity index (χ4n) is 3.34. The molecule has 3 rings (SSSR count). The number of ether oxygens (including phenoxy) is 1. The van der Waals surface area contributed by atoms with Gasteiger partial charge in [-0.05, 0) is 59.3 Å². The van der Waals surface area contributed by atoms with Crippen molar-refractivity contribution in [2.75, 3.05) is 32.1 Å². The van der Waals surface area contributed by atoms with Crippen LogP contribution in [0.3, 0.4) is 0 Å². The van der Waals surface area contributed by atoms with E-state index in [2.05, 4.69) is 33.9 Å². The number of thiophene rings is 1. The number of aromatic nitrogens is 2. The number of fused-ring (bicyclic) bond motifs is 1. The molecule has 2 aromatic heterocycles. The number of carbonyl (C=O) groups is 1. The van der Waals surface area contributed by atoms with Gasteiger partial charge in [-0.15, -0.1) is 11.3 Å². The number of esters is 1. The third kappa shape index (κ3) is 3.62. The summed E-state index contributed by atoms with van der Waals surface area (Å²) in [5, 5.41) is 0.977. The van der Waals surface area contributed by atoms with Gasteiger partial charge in [-0.25, -0.2) is 14.8 Å². The Bertz CT molecular complexity index is 766. The first kappa shape index (κ1) is 18.1. The molecule has 0 spiro atoms. The summed E-state index contributed by atoms with van der Waals surface area (Å²) in [6, 6.07) is 0.458. The molecule has 1 aliphatic heterocycles. The standard InChI is InChI=1S/C18H26N4O2S/c1-11(2)24-18(23)15-12(3)14-16(19-10-20-17(14)25-15)22(5)13-6-8-21(4)9-7-13/h10-11,13H,6-9H2,1-5H3. The topological polar surface area (TPSA) is 58.6 Å². The highest BCUT2D eigenvalue weighted by Gasteiger charge is 2.26. The quantitative estimate of drug-likeness (QED) is 0.779. The molecule has 0 amide bonds. The maximum Gasteiger partial charge on any atom is 0.348 e. The van der Waals surface area contributed by atoms with Gasteiger partial charge in [0.25, 0.3) is 0 Å². The first-order chi connectivity index (χ1) is 11.9. The Labute approximate surface area is 152 Å². The van der Waals surface area contributed by atoms with Crippen LogP contribution in [0.25, 0.3) is 10.2 Å². The number of likely N-dealkylation sites (tertiary alicyclic amines) is 1. The van der Waals surface area contributed by atoms with Gasteiger partial charge < -0.3 is 14.5 Å². The number of piperidine rings is 1. The Morgan fingerprint density at radius 1 is 1.36 bits per heavy atom. The van der Waals surface area contributed by atoms with Crippen LogP contribution in [0, 0.1) is 6.92 Å². The summed E-state index contributed by atoms with van der Waals surface area (Å²) in [5.74, 6) is 0.639. The summed E-state index contributed by atoms with van der Waals surface area (Å²) in [6.07, 6.45) is 3.69. The molecule has 1 saturated heterocycles. The second kappa shape index (κ2) is 7.25. The molecule has 0 unspecified atom stereocenters. The van der Waals surface area contributed by atoms with Crippen LogP contribution in [0.15, 0.2) is 6.33 Å². The van der Waals surface area contributed by atoms with E-state index in [1.54, 1.807) is 6.33 Å². The minimum absolute atomic E-state index is 0.135. The number of carbonyl (C=O) groups excluding carboxylic acids is 1. The van der Waals surface area contributed by atoms with E-state index in [1.165, 1.54) is 11.3 Å². The lowest BCUT2D eigenvalue weighted by Gasteiger charge is -2.36. The van der Waals surface area contributed by atoms with Crippen LogP contribution in [0.4, 0.5) is 5.82 Å². The molecular formula is C18H26N4O2S. The van der Waals surface area contributed by atoms with Crippen LogP contribution in [0.1, 0.15) is 41.9 Å². The lowest BCUT2D eigenvalue weighted by atomic mass is 10.0. The van der Waals surface area contributed by atoms with Gasteiger partial charge in [-0.1, -0.05) is 0 Å². The second-order valence-electron chi connectivity index (χ2n) is 7.03. The molecule has 0 radical (unpaired) electrons. The second-order valence-corrected chi connectivity index (χ2v) is 8.03. The Hall–Kier alpha value is -1.73. The van der Waals surface area contributed by atoms with Crippen molar-refractivity contribution in [2.24, 2.45) is 0 Å². The van der Waals surface area contributed by atoms with Crippen LogP contribution >= 0.6 is 11.3 Å². The van der Waals surface area contributed by atoms with Crippen molar-refractivity contribution in [3.63, 3.8) is 0 Å². The molecule has 2 aromatic rings. The Balaban J connectivity index is 1.96. The van der Waals surface area contributed by atoms with E-state index in [1.807, 2.05) is 20.8 Å². The average Bonchev–Trinajstić information content (AvgIpc) is 2.91. The van der Waals surface area contributed by atoms with Crippen molar-refractivity contribution in [2.45, 2.75) is 45.8 Å². The third-order valence-corrected chi connectivity index (χ3v) is 5.98. The van der Waals surface area contributed by atoms with Crippen molar-refractivity contribution in [1.29, 1.82) is 0 Å². The number of nitrogens with zero attached hydrogens (tertiary/aromatic N) is 4. The van der Waals surface area contributed by atoms with Crippen molar-refractivity contribution in [3.05, 3.63) is 16.8 Å². The molecule has 0 bridgehead atoms. The highest BCUT2D eigenvalue weighted by Crippen LogP contribution is 2.36. The van der Waals surface area contributed by atoms with Gasteiger partial charge in [0.1, 0.15) is 21.9 Å². The fraction of sp³-hybridized carbons (Fsp3) is 0.611. The molecular weight excluding hydrogens is 336 g/mol. The zero-order chi connectivity index (χ0) is 18.1. The minimum Gasteiger partial charge on any atom is -0.459 e. The SMILES string of the molecule is Cc1c(C(=O)OC(C)C)sc2ncnc(N(C)C3CCN(C)CC3)c12. The van der Waals surface area contributed by atoms with Gasteiger partial charge in [0, 0.05) is 13.1 Å². The molecule has 136 valence electrons. The largest absolute Gasteiger partial charge is 0.459 e. The van der Waals surface area contributed by atoms with E-state index in [-0.39, 0.29) is 12.1 Å². The Morgan fingerprint density at radius 3 is 2.68 bits per heavy atom. The van der Waals surface area contributed by atoms with Crippen LogP contribution in [-0.4, -0.2) is 60.2 Å². The number of hydrogen-bond acceptors (Lipinski definition) is 7. The lowest BCUT2D eigenvalue weighted by molar-refractivity contribution is 0.0383. The zero-order valence-corrected chi connectivity index (χ0v) is 16.4. The molecule has 1 fully saturated rings. The molecule has 3 heterocycles. The number of anilines is 1. The van der Waals surface area contributed by atoms with E-state index in [0.29, 0.717) is 10.9 Å². The summed E-state index contributed by atoms with van der Waals surface area (Å²) < 4.78 is 5.38. The van der Waals surface area contributed by atoms with Crippen LogP contribution < -0.4 is 4.90 Å². The molecule has 6 nitrogen and oxygen atoms in total. The molecule has 0 atom stereocenters. The third-order valence-electron chi connectivity index (χ3n) is 4.80. The fourth-order valence-corrected chi connectivity index (χ4v) is 4.36. The minimum atomic E-state index is -0.275.